The Bertz CT molecular complexity index is 733. The number of nitrogens with zero attached hydrogens (tertiary/aromatic N) is 2. The zero-order valence-corrected chi connectivity index (χ0v) is 12.8. The summed E-state index contributed by atoms with van der Waals surface area (Å²) in [4.78, 5) is 29.4. The average Bonchev–Trinajstić information content (AvgIpc) is 2.83. The molecule has 2 heterocycles. The third kappa shape index (κ3) is 2.54. The van der Waals surface area contributed by atoms with Crippen molar-refractivity contribution in [2.24, 2.45) is 11.7 Å². The van der Waals surface area contributed by atoms with Crippen molar-refractivity contribution in [3.63, 3.8) is 0 Å². The third-order valence-corrected chi connectivity index (χ3v) is 4.65. The minimum Gasteiger partial charge on any atom is -0.337 e. The fourth-order valence-electron chi connectivity index (χ4n) is 3.41. The lowest BCUT2D eigenvalue weighted by atomic mass is 9.91. The Hall–Kier alpha value is -2.08. The lowest BCUT2D eigenvalue weighted by Gasteiger charge is -2.39. The fourth-order valence-corrected chi connectivity index (χ4v) is 3.41. The number of aromatic amines is 1. The topological polar surface area (TPSA) is 84.1 Å². The van der Waals surface area contributed by atoms with E-state index in [4.69, 9.17) is 5.73 Å². The molecule has 1 saturated heterocycles. The van der Waals surface area contributed by atoms with Crippen LogP contribution in [0, 0.1) is 5.92 Å². The number of amides is 1. The lowest BCUT2D eigenvalue weighted by molar-refractivity contribution is -0.136. The van der Waals surface area contributed by atoms with Gasteiger partial charge in [-0.05, 0) is 30.9 Å². The van der Waals surface area contributed by atoms with Gasteiger partial charge in [-0.2, -0.15) is 0 Å². The van der Waals surface area contributed by atoms with E-state index in [0.29, 0.717) is 12.5 Å². The molecule has 118 valence electrons. The highest BCUT2D eigenvalue weighted by Crippen LogP contribution is 2.23. The number of imidazole rings is 1. The summed E-state index contributed by atoms with van der Waals surface area (Å²) in [5, 5.41) is 0. The summed E-state index contributed by atoms with van der Waals surface area (Å²) in [5.74, 6) is 0.372. The van der Waals surface area contributed by atoms with Crippen LogP contribution in [-0.4, -0.2) is 39.5 Å². The van der Waals surface area contributed by atoms with Gasteiger partial charge in [0.15, 0.2) is 0 Å². The second-order valence-electron chi connectivity index (χ2n) is 6.04. The Kier molecular flexibility index (Phi) is 4.02. The van der Waals surface area contributed by atoms with E-state index in [9.17, 15) is 9.59 Å². The zero-order valence-electron chi connectivity index (χ0n) is 12.8. The molecule has 0 bridgehead atoms. The molecule has 0 saturated carbocycles. The minimum atomic E-state index is -0.246. The molecule has 1 fully saturated rings. The van der Waals surface area contributed by atoms with Crippen LogP contribution in [-0.2, 0) is 11.3 Å². The van der Waals surface area contributed by atoms with E-state index in [0.717, 1.165) is 30.4 Å². The lowest BCUT2D eigenvalue weighted by Crippen LogP contribution is -2.52. The molecule has 2 aromatic rings. The minimum absolute atomic E-state index is 0.0335. The van der Waals surface area contributed by atoms with E-state index in [-0.39, 0.29) is 24.2 Å². The molecule has 3 rings (SSSR count). The Labute approximate surface area is 128 Å². The first-order chi connectivity index (χ1) is 10.6. The molecule has 1 aliphatic rings. The molecule has 0 radical (unpaired) electrons. The number of para-hydroxylation sites is 2. The standard InChI is InChI=1S/C16H22N4O2/c1-11-5-4-8-19(14(11)9-17)15(21)10-20-13-7-3-2-6-12(13)18-16(20)22/h2-3,6-7,11,14H,4-5,8-10,17H2,1H3,(H,18,22)/t11-,14-/m0/s1. The number of carbonyl (C=O) groups is 1. The van der Waals surface area contributed by atoms with E-state index < -0.39 is 0 Å². The van der Waals surface area contributed by atoms with Gasteiger partial charge in [0.1, 0.15) is 6.54 Å². The fraction of sp³-hybridized carbons (Fsp3) is 0.500. The quantitative estimate of drug-likeness (QED) is 0.884. The second kappa shape index (κ2) is 5.96. The Morgan fingerprint density at radius 3 is 2.95 bits per heavy atom. The molecule has 6 heteroatoms. The summed E-state index contributed by atoms with van der Waals surface area (Å²) >= 11 is 0. The molecule has 2 atom stereocenters. The van der Waals surface area contributed by atoms with Crippen molar-refractivity contribution in [1.29, 1.82) is 0 Å². The average molecular weight is 302 g/mol. The van der Waals surface area contributed by atoms with Crippen LogP contribution in [0.5, 0.6) is 0 Å². The smallest absolute Gasteiger partial charge is 0.326 e. The summed E-state index contributed by atoms with van der Waals surface area (Å²) in [6.45, 7) is 3.39. The van der Waals surface area contributed by atoms with Gasteiger partial charge in [0, 0.05) is 19.1 Å². The number of aromatic nitrogens is 2. The largest absolute Gasteiger partial charge is 0.337 e. The monoisotopic (exact) mass is 302 g/mol. The number of benzene rings is 1. The predicted octanol–water partition coefficient (Wildman–Crippen LogP) is 0.915. The van der Waals surface area contributed by atoms with Crippen molar-refractivity contribution < 1.29 is 4.79 Å². The van der Waals surface area contributed by atoms with Crippen LogP contribution in [0.4, 0.5) is 0 Å². The van der Waals surface area contributed by atoms with Crippen LogP contribution in [0.2, 0.25) is 0 Å². The van der Waals surface area contributed by atoms with E-state index in [2.05, 4.69) is 11.9 Å². The highest BCUT2D eigenvalue weighted by Gasteiger charge is 2.31. The molecule has 0 unspecified atom stereocenters. The number of piperidine rings is 1. The van der Waals surface area contributed by atoms with Gasteiger partial charge in [0.05, 0.1) is 11.0 Å². The molecule has 22 heavy (non-hydrogen) atoms. The van der Waals surface area contributed by atoms with Crippen molar-refractivity contribution in [2.45, 2.75) is 32.4 Å². The molecule has 1 aromatic heterocycles. The van der Waals surface area contributed by atoms with Crippen LogP contribution in [0.25, 0.3) is 11.0 Å². The number of H-pyrrole nitrogens is 1. The van der Waals surface area contributed by atoms with Crippen LogP contribution >= 0.6 is 0 Å². The highest BCUT2D eigenvalue weighted by atomic mass is 16.2. The van der Waals surface area contributed by atoms with Gasteiger partial charge in [-0.15, -0.1) is 0 Å². The van der Waals surface area contributed by atoms with Gasteiger partial charge in [0.25, 0.3) is 0 Å². The zero-order chi connectivity index (χ0) is 15.7. The molecule has 3 N–H and O–H groups in total. The van der Waals surface area contributed by atoms with Gasteiger partial charge in [-0.1, -0.05) is 19.1 Å². The van der Waals surface area contributed by atoms with Gasteiger partial charge in [-0.25, -0.2) is 4.79 Å². The Morgan fingerprint density at radius 2 is 2.18 bits per heavy atom. The number of likely N-dealkylation sites (tertiary alicyclic amines) is 1. The van der Waals surface area contributed by atoms with E-state index >= 15 is 0 Å². The first-order valence-electron chi connectivity index (χ1n) is 7.79. The maximum atomic E-state index is 12.7. The molecule has 1 aromatic carbocycles. The van der Waals surface area contributed by atoms with E-state index in [1.807, 2.05) is 29.2 Å². The number of fused-ring (bicyclic) bond motifs is 1. The number of carbonyl (C=O) groups excluding carboxylic acids is 1. The Balaban J connectivity index is 1.86. The van der Waals surface area contributed by atoms with Crippen molar-refractivity contribution in [1.82, 2.24) is 14.5 Å². The summed E-state index contributed by atoms with van der Waals surface area (Å²) in [6.07, 6.45) is 2.09. The molecule has 0 spiro atoms. The van der Waals surface area contributed by atoms with Gasteiger partial charge in [0.2, 0.25) is 5.91 Å². The first kappa shape index (κ1) is 14.8. The normalized spacial score (nSPS) is 22.2. The van der Waals surface area contributed by atoms with Crippen molar-refractivity contribution in [3.05, 3.63) is 34.7 Å². The molecule has 1 amide bonds. The summed E-state index contributed by atoms with van der Waals surface area (Å²) in [7, 11) is 0. The van der Waals surface area contributed by atoms with Gasteiger partial charge in [-0.3, -0.25) is 9.36 Å². The van der Waals surface area contributed by atoms with E-state index in [1.165, 1.54) is 4.57 Å². The second-order valence-corrected chi connectivity index (χ2v) is 6.04. The maximum Gasteiger partial charge on any atom is 0.326 e. The molecular formula is C16H22N4O2. The first-order valence-corrected chi connectivity index (χ1v) is 7.79. The number of hydrogen-bond donors (Lipinski definition) is 2. The Morgan fingerprint density at radius 1 is 1.41 bits per heavy atom. The molecule has 6 nitrogen and oxygen atoms in total. The van der Waals surface area contributed by atoms with Gasteiger partial charge >= 0.3 is 5.69 Å². The van der Waals surface area contributed by atoms with Crippen LogP contribution in [0.1, 0.15) is 19.8 Å². The summed E-state index contributed by atoms with van der Waals surface area (Å²) in [6, 6.07) is 7.48. The number of rotatable bonds is 3. The predicted molar refractivity (Wildman–Crippen MR) is 85.5 cm³/mol. The number of hydrogen-bond acceptors (Lipinski definition) is 3. The van der Waals surface area contributed by atoms with Crippen LogP contribution in [0.15, 0.2) is 29.1 Å². The number of nitrogens with one attached hydrogen (secondary N) is 1. The van der Waals surface area contributed by atoms with Crippen molar-refractivity contribution in [3.8, 4) is 0 Å². The van der Waals surface area contributed by atoms with Crippen LogP contribution in [0.3, 0.4) is 0 Å². The SMILES string of the molecule is C[C@H]1CCCN(C(=O)Cn2c(=O)[nH]c3ccccc32)[C@H]1CN. The summed E-state index contributed by atoms with van der Waals surface area (Å²) in [5.41, 5.74) is 7.11. The van der Waals surface area contributed by atoms with Crippen molar-refractivity contribution >= 4 is 16.9 Å². The number of nitrogens with two attached hydrogens (primary N) is 1. The summed E-state index contributed by atoms with van der Waals surface area (Å²) < 4.78 is 1.50. The third-order valence-electron chi connectivity index (χ3n) is 4.65. The van der Waals surface area contributed by atoms with Crippen LogP contribution < -0.4 is 11.4 Å². The molecular weight excluding hydrogens is 280 g/mol. The highest BCUT2D eigenvalue weighted by molar-refractivity contribution is 5.80. The molecule has 0 aliphatic carbocycles. The van der Waals surface area contributed by atoms with Gasteiger partial charge < -0.3 is 15.6 Å². The maximum absolute atomic E-state index is 12.7. The molecule has 1 aliphatic heterocycles. The van der Waals surface area contributed by atoms with Crippen molar-refractivity contribution in [2.75, 3.05) is 13.1 Å². The van der Waals surface area contributed by atoms with E-state index in [1.54, 1.807) is 0 Å².